The van der Waals surface area contributed by atoms with Crippen molar-refractivity contribution >= 4 is 15.9 Å². The second kappa shape index (κ2) is 5.25. The van der Waals surface area contributed by atoms with E-state index < -0.39 is 0 Å². The lowest BCUT2D eigenvalue weighted by atomic mass is 10.1. The normalized spacial score (nSPS) is 10.6. The van der Waals surface area contributed by atoms with Gasteiger partial charge in [0.05, 0.1) is 0 Å². The van der Waals surface area contributed by atoms with E-state index in [0.717, 1.165) is 29.7 Å². The minimum Gasteiger partial charge on any atom is -0.317 e. The molecule has 0 fully saturated rings. The van der Waals surface area contributed by atoms with Crippen LogP contribution in [0.15, 0.2) is 35.1 Å². The highest BCUT2D eigenvalue weighted by atomic mass is 79.9. The number of hydrogen-bond donors (Lipinski definition) is 0. The maximum Gasteiger partial charge on any atom is 0.137 e. The number of benzene rings is 1. The highest BCUT2D eigenvalue weighted by Gasteiger charge is 2.04. The van der Waals surface area contributed by atoms with Crippen LogP contribution >= 0.6 is 15.9 Å². The third-order valence-corrected chi connectivity index (χ3v) is 2.90. The van der Waals surface area contributed by atoms with Crippen LogP contribution in [-0.2, 0) is 13.0 Å². The predicted molar refractivity (Wildman–Crippen MR) is 67.3 cm³/mol. The quantitative estimate of drug-likeness (QED) is 0.861. The van der Waals surface area contributed by atoms with Gasteiger partial charge in [0.1, 0.15) is 12.2 Å². The molecule has 0 unspecified atom stereocenters. The second-order valence-electron chi connectivity index (χ2n) is 3.75. The van der Waals surface area contributed by atoms with Gasteiger partial charge in [-0.1, -0.05) is 35.0 Å². The molecule has 0 spiro atoms. The van der Waals surface area contributed by atoms with E-state index in [1.165, 1.54) is 5.56 Å². The first-order valence-electron chi connectivity index (χ1n) is 5.40. The first-order chi connectivity index (χ1) is 7.79. The van der Waals surface area contributed by atoms with Crippen molar-refractivity contribution in [3.05, 3.63) is 46.5 Å². The summed E-state index contributed by atoms with van der Waals surface area (Å²) >= 11 is 3.47. The highest BCUT2D eigenvalue weighted by Crippen LogP contribution is 2.14. The predicted octanol–water partition coefficient (Wildman–Crippen LogP) is 3.04. The van der Waals surface area contributed by atoms with Gasteiger partial charge in [-0.15, -0.1) is 10.2 Å². The van der Waals surface area contributed by atoms with Crippen molar-refractivity contribution in [2.45, 2.75) is 26.3 Å². The topological polar surface area (TPSA) is 30.7 Å². The first-order valence-corrected chi connectivity index (χ1v) is 6.20. The fourth-order valence-electron chi connectivity index (χ4n) is 1.67. The maximum atomic E-state index is 4.16. The van der Waals surface area contributed by atoms with E-state index in [-0.39, 0.29) is 0 Å². The Labute approximate surface area is 104 Å². The lowest BCUT2D eigenvalue weighted by molar-refractivity contribution is 0.646. The van der Waals surface area contributed by atoms with E-state index in [1.54, 1.807) is 6.33 Å². The molecule has 1 aromatic carbocycles. The highest BCUT2D eigenvalue weighted by molar-refractivity contribution is 9.10. The summed E-state index contributed by atoms with van der Waals surface area (Å²) in [5.41, 5.74) is 1.25. The molecule has 0 amide bonds. The van der Waals surface area contributed by atoms with Crippen molar-refractivity contribution in [1.82, 2.24) is 14.8 Å². The summed E-state index contributed by atoms with van der Waals surface area (Å²) in [6.07, 6.45) is 3.74. The first kappa shape index (κ1) is 11.3. The van der Waals surface area contributed by atoms with E-state index >= 15 is 0 Å². The molecule has 0 aliphatic rings. The summed E-state index contributed by atoms with van der Waals surface area (Å²) in [5, 5.41) is 8.12. The Bertz CT molecular complexity index is 465. The van der Waals surface area contributed by atoms with Crippen molar-refractivity contribution in [3.63, 3.8) is 0 Å². The summed E-state index contributed by atoms with van der Waals surface area (Å²) in [4.78, 5) is 0. The smallest absolute Gasteiger partial charge is 0.137 e. The van der Waals surface area contributed by atoms with Gasteiger partial charge in [-0.25, -0.2) is 0 Å². The van der Waals surface area contributed by atoms with Crippen molar-refractivity contribution in [2.75, 3.05) is 0 Å². The van der Waals surface area contributed by atoms with Crippen molar-refractivity contribution in [1.29, 1.82) is 0 Å². The molecule has 2 aromatic rings. The Kier molecular flexibility index (Phi) is 3.72. The van der Waals surface area contributed by atoms with Gasteiger partial charge in [-0.2, -0.15) is 0 Å². The largest absolute Gasteiger partial charge is 0.317 e. The molecule has 0 saturated carbocycles. The van der Waals surface area contributed by atoms with Crippen LogP contribution in [-0.4, -0.2) is 14.8 Å². The maximum absolute atomic E-state index is 4.16. The lowest BCUT2D eigenvalue weighted by Gasteiger charge is -2.05. The van der Waals surface area contributed by atoms with Gasteiger partial charge in [-0.05, 0) is 24.1 Å². The van der Waals surface area contributed by atoms with E-state index in [2.05, 4.69) is 49.8 Å². The third-order valence-electron chi connectivity index (χ3n) is 2.41. The lowest BCUT2D eigenvalue weighted by Crippen LogP contribution is -2.03. The molecule has 2 rings (SSSR count). The summed E-state index contributed by atoms with van der Waals surface area (Å²) in [6.45, 7) is 3.14. The summed E-state index contributed by atoms with van der Waals surface area (Å²) in [6, 6.07) is 8.29. The Morgan fingerprint density at radius 2 is 2.25 bits per heavy atom. The number of nitrogens with zero attached hydrogens (tertiary/aromatic N) is 3. The minimum absolute atomic E-state index is 0.833. The Morgan fingerprint density at radius 3 is 3.00 bits per heavy atom. The van der Waals surface area contributed by atoms with E-state index in [0.29, 0.717) is 0 Å². The summed E-state index contributed by atoms with van der Waals surface area (Å²) in [5.74, 6) is 1.03. The molecule has 3 nitrogen and oxygen atoms in total. The van der Waals surface area contributed by atoms with E-state index in [1.807, 2.05) is 12.1 Å². The minimum atomic E-state index is 0.833. The standard InChI is InChI=1S/C12H14BrN3/c1-2-6-16-9-14-15-12(16)8-10-4-3-5-11(13)7-10/h3-5,7,9H,2,6,8H2,1H3. The van der Waals surface area contributed by atoms with Gasteiger partial charge in [0, 0.05) is 17.4 Å². The molecule has 0 N–H and O–H groups in total. The van der Waals surface area contributed by atoms with Crippen LogP contribution in [0.3, 0.4) is 0 Å². The molecule has 0 atom stereocenters. The number of halogens is 1. The number of hydrogen-bond acceptors (Lipinski definition) is 2. The zero-order valence-corrected chi connectivity index (χ0v) is 10.8. The molecule has 84 valence electrons. The van der Waals surface area contributed by atoms with Gasteiger partial charge in [0.25, 0.3) is 0 Å². The van der Waals surface area contributed by atoms with Crippen LogP contribution in [0.25, 0.3) is 0 Å². The van der Waals surface area contributed by atoms with Crippen molar-refractivity contribution in [2.24, 2.45) is 0 Å². The zero-order valence-electron chi connectivity index (χ0n) is 9.23. The van der Waals surface area contributed by atoms with E-state index in [9.17, 15) is 0 Å². The molecule has 1 heterocycles. The fourth-order valence-corrected chi connectivity index (χ4v) is 2.12. The van der Waals surface area contributed by atoms with Crippen molar-refractivity contribution < 1.29 is 0 Å². The second-order valence-corrected chi connectivity index (χ2v) is 4.66. The van der Waals surface area contributed by atoms with E-state index in [4.69, 9.17) is 0 Å². The monoisotopic (exact) mass is 279 g/mol. The molecule has 0 aliphatic heterocycles. The molecule has 1 aromatic heterocycles. The SMILES string of the molecule is CCCn1cnnc1Cc1cccc(Br)c1. The number of aryl methyl sites for hydroxylation is 1. The number of aromatic nitrogens is 3. The Balaban J connectivity index is 2.17. The molecular formula is C12H14BrN3. The molecular weight excluding hydrogens is 266 g/mol. The van der Waals surface area contributed by atoms with Crippen LogP contribution in [0.2, 0.25) is 0 Å². The van der Waals surface area contributed by atoms with Crippen LogP contribution < -0.4 is 0 Å². The molecule has 0 bridgehead atoms. The zero-order chi connectivity index (χ0) is 11.4. The molecule has 0 radical (unpaired) electrons. The van der Waals surface area contributed by atoms with Gasteiger partial charge < -0.3 is 4.57 Å². The average Bonchev–Trinajstić information content (AvgIpc) is 2.66. The van der Waals surface area contributed by atoms with Crippen LogP contribution in [0.4, 0.5) is 0 Å². The summed E-state index contributed by atoms with van der Waals surface area (Å²) in [7, 11) is 0. The van der Waals surface area contributed by atoms with Crippen LogP contribution in [0, 0.1) is 0 Å². The molecule has 0 aliphatic carbocycles. The van der Waals surface area contributed by atoms with Gasteiger partial charge in [0.15, 0.2) is 0 Å². The third kappa shape index (κ3) is 2.70. The Morgan fingerprint density at radius 1 is 1.38 bits per heavy atom. The number of rotatable bonds is 4. The van der Waals surface area contributed by atoms with Gasteiger partial charge in [-0.3, -0.25) is 0 Å². The average molecular weight is 280 g/mol. The molecule has 0 saturated heterocycles. The molecule has 4 heteroatoms. The van der Waals surface area contributed by atoms with Crippen LogP contribution in [0.1, 0.15) is 24.7 Å². The Hall–Kier alpha value is -1.16. The van der Waals surface area contributed by atoms with Crippen LogP contribution in [0.5, 0.6) is 0 Å². The van der Waals surface area contributed by atoms with Gasteiger partial charge in [0.2, 0.25) is 0 Å². The molecule has 16 heavy (non-hydrogen) atoms. The summed E-state index contributed by atoms with van der Waals surface area (Å²) < 4.78 is 3.22. The van der Waals surface area contributed by atoms with Gasteiger partial charge >= 0.3 is 0 Å². The fraction of sp³-hybridized carbons (Fsp3) is 0.333. The van der Waals surface area contributed by atoms with Crippen molar-refractivity contribution in [3.8, 4) is 0 Å².